The molecule has 1 amide bonds. The minimum absolute atomic E-state index is 0.0451. The van der Waals surface area contributed by atoms with Crippen LogP contribution in [0.1, 0.15) is 46.7 Å². The predicted octanol–water partition coefficient (Wildman–Crippen LogP) is 7.50. The number of rotatable bonds is 8. The van der Waals surface area contributed by atoms with E-state index in [9.17, 15) is 17.6 Å². The molecule has 1 spiro atoms. The van der Waals surface area contributed by atoms with Crippen LogP contribution in [0.5, 0.6) is 0 Å². The number of hydrogen-bond donors (Lipinski definition) is 0. The molecule has 2 aliphatic heterocycles. The molecule has 2 heterocycles. The normalized spacial score (nSPS) is 17.2. The highest BCUT2D eigenvalue weighted by Gasteiger charge is 2.47. The first kappa shape index (κ1) is 32.3. The van der Waals surface area contributed by atoms with Gasteiger partial charge in [0.25, 0.3) is 5.91 Å². The number of sulfonamides is 1. The van der Waals surface area contributed by atoms with E-state index in [-0.39, 0.29) is 17.6 Å². The average molecular weight is 687 g/mol. The summed E-state index contributed by atoms with van der Waals surface area (Å²) in [5.41, 5.74) is 2.30. The van der Waals surface area contributed by atoms with Gasteiger partial charge in [-0.1, -0.05) is 52.5 Å². The molecule has 0 aliphatic carbocycles. The van der Waals surface area contributed by atoms with Gasteiger partial charge in [-0.25, -0.2) is 12.8 Å². The number of likely N-dealkylation sites (tertiary alicyclic amines) is 1. The highest BCUT2D eigenvalue weighted by Crippen LogP contribution is 2.48. The lowest BCUT2D eigenvalue weighted by Gasteiger charge is -2.40. The lowest BCUT2D eigenvalue weighted by molar-refractivity contribution is 0.0780. The van der Waals surface area contributed by atoms with E-state index in [2.05, 4.69) is 4.90 Å². The summed E-state index contributed by atoms with van der Waals surface area (Å²) in [5, 5.41) is 1.68. The molecule has 43 heavy (non-hydrogen) atoms. The van der Waals surface area contributed by atoms with Gasteiger partial charge >= 0.3 is 0 Å². The average Bonchev–Trinajstić information content (AvgIpc) is 3.26. The molecule has 1 saturated heterocycles. The number of fused-ring (bicyclic) bond motifs is 2. The Bertz CT molecular complexity index is 1630. The summed E-state index contributed by atoms with van der Waals surface area (Å²) in [6.07, 6.45) is 3.35. The summed E-state index contributed by atoms with van der Waals surface area (Å²) in [7, 11) is -1.74. The third-order valence-electron chi connectivity index (χ3n) is 8.62. The zero-order chi connectivity index (χ0) is 31.1. The molecule has 0 radical (unpaired) electrons. The van der Waals surface area contributed by atoms with E-state index < -0.39 is 15.4 Å². The largest absolute Gasteiger partial charge is 0.341 e. The van der Waals surface area contributed by atoms with Crippen molar-refractivity contribution in [3.63, 3.8) is 0 Å². The van der Waals surface area contributed by atoms with Crippen LogP contribution in [0.25, 0.3) is 0 Å². The lowest BCUT2D eigenvalue weighted by Crippen LogP contribution is -2.46. The summed E-state index contributed by atoms with van der Waals surface area (Å²) in [4.78, 5) is 17.3. The number of hydrogen-bond acceptors (Lipinski definition) is 4. The fourth-order valence-electron chi connectivity index (χ4n) is 6.30. The van der Waals surface area contributed by atoms with E-state index in [0.29, 0.717) is 57.3 Å². The van der Waals surface area contributed by atoms with Crippen LogP contribution in [-0.4, -0.2) is 70.2 Å². The van der Waals surface area contributed by atoms with E-state index in [4.69, 9.17) is 46.4 Å². The monoisotopic (exact) mass is 685 g/mol. The van der Waals surface area contributed by atoms with Crippen LogP contribution in [-0.2, 0) is 15.4 Å². The van der Waals surface area contributed by atoms with Crippen LogP contribution in [0, 0.1) is 5.82 Å². The van der Waals surface area contributed by atoms with Crippen molar-refractivity contribution < 1.29 is 17.6 Å². The number of benzene rings is 3. The Morgan fingerprint density at radius 1 is 0.977 bits per heavy atom. The molecule has 0 unspecified atom stereocenters. The van der Waals surface area contributed by atoms with Gasteiger partial charge in [-0.3, -0.25) is 9.10 Å². The van der Waals surface area contributed by atoms with Gasteiger partial charge < -0.3 is 9.80 Å². The van der Waals surface area contributed by atoms with Crippen molar-refractivity contribution in [1.82, 2.24) is 9.80 Å². The van der Waals surface area contributed by atoms with Crippen LogP contribution in [0.15, 0.2) is 54.6 Å². The molecule has 0 N–H and O–H groups in total. The number of carbonyl (C=O) groups excluding carboxylic acids is 1. The maximum atomic E-state index is 14.3. The number of amides is 1. The van der Waals surface area contributed by atoms with Crippen molar-refractivity contribution in [3.05, 3.63) is 97.2 Å². The molecule has 6 nitrogen and oxygen atoms in total. The summed E-state index contributed by atoms with van der Waals surface area (Å²) in [6, 6.07) is 14.7. The first-order valence-corrected chi connectivity index (χ1v) is 17.3. The second-order valence-corrected chi connectivity index (χ2v) is 15.2. The van der Waals surface area contributed by atoms with Gasteiger partial charge in [-0.15, -0.1) is 0 Å². The molecule has 3 aromatic rings. The van der Waals surface area contributed by atoms with Gasteiger partial charge in [0.05, 0.1) is 22.0 Å². The van der Waals surface area contributed by atoms with E-state index in [1.165, 1.54) is 22.7 Å². The molecular formula is C31H32Cl4FN3O3S. The number of likely N-dealkylation sites (N-methyl/N-ethyl adjacent to an activating group) is 1. The Kier molecular flexibility index (Phi) is 9.58. The molecule has 5 rings (SSSR count). The molecule has 1 fully saturated rings. The van der Waals surface area contributed by atoms with Crippen LogP contribution in [0.2, 0.25) is 20.1 Å². The maximum absolute atomic E-state index is 14.3. The van der Waals surface area contributed by atoms with Gasteiger partial charge in [0.1, 0.15) is 5.82 Å². The summed E-state index contributed by atoms with van der Waals surface area (Å²) in [5.74, 6) is -0.604. The Balaban J connectivity index is 1.30. The molecule has 1 atom stereocenters. The highest BCUT2D eigenvalue weighted by molar-refractivity contribution is 7.92. The number of nitrogens with zero attached hydrogens (tertiary/aromatic N) is 3. The molecule has 12 heteroatoms. The van der Waals surface area contributed by atoms with Crippen molar-refractivity contribution in [2.75, 3.05) is 50.3 Å². The van der Waals surface area contributed by atoms with Crippen LogP contribution < -0.4 is 4.31 Å². The molecule has 3 aromatic carbocycles. The van der Waals surface area contributed by atoms with Crippen molar-refractivity contribution in [2.24, 2.45) is 0 Å². The standard InChI is InChI=1S/C31H32Cl4FN3O3S/c1-37(30(40)22-13-23(32)16-24(33)14-22)18-21(20-3-5-27(34)28(35)15-20)7-10-38-11-8-31(9-12-38)19-39(43(2,41)42)29-6-4-25(36)17-26(29)31/h3-6,13-17,21H,7-12,18-19H2,1-2H3/t21-/m1/s1. The third-order valence-corrected chi connectivity index (χ3v) is 10.9. The fraction of sp³-hybridized carbons (Fsp3) is 0.387. The number of carbonyl (C=O) groups is 1. The van der Waals surface area contributed by atoms with Gasteiger partial charge in [0.15, 0.2) is 0 Å². The zero-order valence-corrected chi connectivity index (χ0v) is 27.6. The third kappa shape index (κ3) is 7.10. The first-order chi connectivity index (χ1) is 20.3. The molecule has 0 aromatic heterocycles. The lowest BCUT2D eigenvalue weighted by atomic mass is 9.74. The van der Waals surface area contributed by atoms with Gasteiger partial charge in [0.2, 0.25) is 10.0 Å². The molecule has 230 valence electrons. The predicted molar refractivity (Wildman–Crippen MR) is 173 cm³/mol. The van der Waals surface area contributed by atoms with E-state index in [1.54, 1.807) is 42.3 Å². The second-order valence-electron chi connectivity index (χ2n) is 11.6. The van der Waals surface area contributed by atoms with Crippen LogP contribution in [0.4, 0.5) is 10.1 Å². The van der Waals surface area contributed by atoms with Crippen molar-refractivity contribution in [1.29, 1.82) is 0 Å². The molecule has 2 aliphatic rings. The first-order valence-electron chi connectivity index (χ1n) is 13.9. The van der Waals surface area contributed by atoms with Crippen molar-refractivity contribution >= 4 is 68.0 Å². The molecular weight excluding hydrogens is 655 g/mol. The van der Waals surface area contributed by atoms with E-state index in [1.807, 2.05) is 12.1 Å². The maximum Gasteiger partial charge on any atom is 0.253 e. The van der Waals surface area contributed by atoms with E-state index in [0.717, 1.165) is 37.2 Å². The number of halogens is 5. The fourth-order valence-corrected chi connectivity index (χ4v) is 8.13. The van der Waals surface area contributed by atoms with E-state index >= 15 is 0 Å². The van der Waals surface area contributed by atoms with Gasteiger partial charge in [-0.05, 0) is 98.6 Å². The van der Waals surface area contributed by atoms with Gasteiger partial charge in [0, 0.05) is 47.1 Å². The van der Waals surface area contributed by atoms with Crippen LogP contribution >= 0.6 is 46.4 Å². The Hall–Kier alpha value is -2.07. The van der Waals surface area contributed by atoms with Crippen molar-refractivity contribution in [3.8, 4) is 0 Å². The second kappa shape index (κ2) is 12.7. The smallest absolute Gasteiger partial charge is 0.253 e. The number of anilines is 1. The number of piperidine rings is 1. The molecule has 0 saturated carbocycles. The SMILES string of the molecule is CN(C[C@@H](CCN1CCC2(CC1)CN(S(C)(=O)=O)c1ccc(F)cc12)c1ccc(Cl)c(Cl)c1)C(=O)c1cc(Cl)cc(Cl)c1. The quantitative estimate of drug-likeness (QED) is 0.246. The topological polar surface area (TPSA) is 60.9 Å². The summed E-state index contributed by atoms with van der Waals surface area (Å²) < 4.78 is 40.8. The van der Waals surface area contributed by atoms with Crippen molar-refractivity contribution in [2.45, 2.75) is 30.6 Å². The highest BCUT2D eigenvalue weighted by atomic mass is 35.5. The zero-order valence-electron chi connectivity index (χ0n) is 23.8. The molecule has 0 bridgehead atoms. The minimum Gasteiger partial charge on any atom is -0.341 e. The minimum atomic E-state index is -3.49. The van der Waals surface area contributed by atoms with Crippen LogP contribution in [0.3, 0.4) is 0 Å². The summed E-state index contributed by atoms with van der Waals surface area (Å²) >= 11 is 24.9. The Morgan fingerprint density at radius 2 is 1.65 bits per heavy atom. The Labute approximate surface area is 272 Å². The van der Waals surface area contributed by atoms with Gasteiger partial charge in [-0.2, -0.15) is 0 Å². The summed E-state index contributed by atoms with van der Waals surface area (Å²) in [6.45, 7) is 2.96. The Morgan fingerprint density at radius 3 is 2.28 bits per heavy atom.